The zero-order valence-electron chi connectivity index (χ0n) is 9.18. The molecule has 104 valence electrons. The number of hydrazine groups is 2. The molecule has 0 saturated carbocycles. The first-order valence-corrected chi connectivity index (χ1v) is 3.92. The molecule has 0 aromatic heterocycles. The SMILES string of the molecule is N=C(N)NN.N=C(N)NN.O=C(O)/C=C/C(=O)O. The van der Waals surface area contributed by atoms with Gasteiger partial charge in [-0.25, -0.2) is 21.3 Å². The number of nitrogens with two attached hydrogens (primary N) is 4. The Bertz CT molecular complexity index is 285. The van der Waals surface area contributed by atoms with Crippen LogP contribution in [0.15, 0.2) is 12.2 Å². The van der Waals surface area contributed by atoms with Crippen LogP contribution in [0.5, 0.6) is 0 Å². The molecule has 0 heterocycles. The van der Waals surface area contributed by atoms with Crippen LogP contribution in [0, 0.1) is 10.8 Å². The van der Waals surface area contributed by atoms with E-state index in [0.717, 1.165) is 0 Å². The number of carboxylic acid groups (broad SMARTS) is 2. The molecule has 0 radical (unpaired) electrons. The molecule has 0 spiro atoms. The third-order valence-electron chi connectivity index (χ3n) is 0.679. The van der Waals surface area contributed by atoms with Gasteiger partial charge in [0.05, 0.1) is 0 Å². The van der Waals surface area contributed by atoms with Crippen molar-refractivity contribution in [1.82, 2.24) is 10.9 Å². The minimum atomic E-state index is -1.26. The fourth-order valence-corrected chi connectivity index (χ4v) is 0.143. The Labute approximate surface area is 102 Å². The van der Waals surface area contributed by atoms with E-state index >= 15 is 0 Å². The normalized spacial score (nSPS) is 7.89. The van der Waals surface area contributed by atoms with Crippen molar-refractivity contribution >= 4 is 23.9 Å². The molecule has 0 aliphatic rings. The van der Waals surface area contributed by atoms with E-state index in [-0.39, 0.29) is 11.9 Å². The molecular weight excluding hydrogens is 248 g/mol. The number of hydrogen-bond donors (Lipinski definition) is 10. The molecule has 12 nitrogen and oxygen atoms in total. The lowest BCUT2D eigenvalue weighted by Crippen LogP contribution is -2.35. The van der Waals surface area contributed by atoms with Crippen LogP contribution in [-0.4, -0.2) is 34.1 Å². The Morgan fingerprint density at radius 1 is 0.889 bits per heavy atom. The van der Waals surface area contributed by atoms with Crippen molar-refractivity contribution in [2.75, 3.05) is 0 Å². The van der Waals surface area contributed by atoms with Gasteiger partial charge in [-0.05, 0) is 0 Å². The van der Waals surface area contributed by atoms with Crippen molar-refractivity contribution in [3.63, 3.8) is 0 Å². The molecule has 12 heteroatoms. The highest BCUT2D eigenvalue weighted by Gasteiger charge is 1.88. The van der Waals surface area contributed by atoms with E-state index in [0.29, 0.717) is 12.2 Å². The highest BCUT2D eigenvalue weighted by molar-refractivity contribution is 5.89. The Balaban J connectivity index is -0.000000197. The topological polar surface area (TPSA) is 250 Å². The monoisotopic (exact) mass is 264 g/mol. The molecule has 0 atom stereocenters. The Morgan fingerprint density at radius 3 is 1.11 bits per heavy atom. The summed E-state index contributed by atoms with van der Waals surface area (Å²) in [5.74, 6) is 6.19. The predicted octanol–water partition coefficient (Wildman–Crippen LogP) is -3.60. The van der Waals surface area contributed by atoms with Gasteiger partial charge < -0.3 is 21.7 Å². The van der Waals surface area contributed by atoms with Crippen LogP contribution >= 0.6 is 0 Å². The lowest BCUT2D eigenvalue weighted by atomic mass is 10.5. The van der Waals surface area contributed by atoms with Gasteiger partial charge in [0.15, 0.2) is 11.9 Å². The number of rotatable bonds is 2. The van der Waals surface area contributed by atoms with Crippen molar-refractivity contribution in [3.8, 4) is 0 Å². The summed E-state index contributed by atoms with van der Waals surface area (Å²) < 4.78 is 0. The molecule has 0 aliphatic heterocycles. The third kappa shape index (κ3) is 51.4. The van der Waals surface area contributed by atoms with Crippen LogP contribution in [0.1, 0.15) is 0 Å². The second-order valence-corrected chi connectivity index (χ2v) is 2.13. The van der Waals surface area contributed by atoms with Crippen LogP contribution < -0.4 is 34.0 Å². The summed E-state index contributed by atoms with van der Waals surface area (Å²) in [5.41, 5.74) is 13.1. The van der Waals surface area contributed by atoms with Gasteiger partial charge in [0.2, 0.25) is 0 Å². The van der Waals surface area contributed by atoms with Gasteiger partial charge in [-0.2, -0.15) is 0 Å². The van der Waals surface area contributed by atoms with E-state index in [2.05, 4.69) is 23.2 Å². The van der Waals surface area contributed by atoms with E-state index in [1.54, 1.807) is 0 Å². The molecule has 0 aliphatic carbocycles. The zero-order chi connectivity index (χ0) is 15.1. The van der Waals surface area contributed by atoms with Crippen LogP contribution in [0.3, 0.4) is 0 Å². The summed E-state index contributed by atoms with van der Waals surface area (Å²) in [7, 11) is 0. The zero-order valence-corrected chi connectivity index (χ0v) is 9.18. The first kappa shape index (κ1) is 20.5. The number of carbonyl (C=O) groups is 2. The van der Waals surface area contributed by atoms with Crippen molar-refractivity contribution in [1.29, 1.82) is 10.8 Å². The molecule has 0 rings (SSSR count). The van der Waals surface area contributed by atoms with Gasteiger partial charge in [-0.3, -0.25) is 21.7 Å². The summed E-state index contributed by atoms with van der Waals surface area (Å²) in [6.45, 7) is 0. The van der Waals surface area contributed by atoms with Crippen LogP contribution in [0.4, 0.5) is 0 Å². The van der Waals surface area contributed by atoms with E-state index < -0.39 is 11.9 Å². The molecule has 18 heavy (non-hydrogen) atoms. The highest BCUT2D eigenvalue weighted by Crippen LogP contribution is 1.70. The second-order valence-electron chi connectivity index (χ2n) is 2.13. The van der Waals surface area contributed by atoms with Gasteiger partial charge in [0.25, 0.3) is 0 Å². The average molecular weight is 264 g/mol. The maximum absolute atomic E-state index is 9.55. The molecule has 0 aromatic carbocycles. The quantitative estimate of drug-likeness (QED) is 0.0770. The number of aliphatic carboxylic acids is 2. The van der Waals surface area contributed by atoms with Gasteiger partial charge in [-0.1, -0.05) is 0 Å². The lowest BCUT2D eigenvalue weighted by molar-refractivity contribution is -0.134. The molecule has 0 saturated heterocycles. The minimum Gasteiger partial charge on any atom is -0.478 e. The molecule has 14 N–H and O–H groups in total. The third-order valence-corrected chi connectivity index (χ3v) is 0.679. The minimum absolute atomic E-state index is 0.218. The predicted molar refractivity (Wildman–Crippen MR) is 62.9 cm³/mol. The average Bonchev–Trinajstić information content (AvgIpc) is 2.27. The number of guanidine groups is 2. The number of hydrogen-bond acceptors (Lipinski definition) is 6. The maximum atomic E-state index is 9.55. The second kappa shape index (κ2) is 14.1. The Hall–Kier alpha value is -2.86. The molecular formula is C6H16N8O4. The summed E-state index contributed by atoms with van der Waals surface area (Å²) in [6.07, 6.45) is 1.12. The molecule has 0 aromatic rings. The number of nitrogens with one attached hydrogen (secondary N) is 4. The summed E-state index contributed by atoms with van der Waals surface area (Å²) >= 11 is 0. The van der Waals surface area contributed by atoms with Gasteiger partial charge in [0.1, 0.15) is 0 Å². The molecule has 0 fully saturated rings. The van der Waals surface area contributed by atoms with Gasteiger partial charge in [-0.15, -0.1) is 0 Å². The van der Waals surface area contributed by atoms with Gasteiger partial charge in [0, 0.05) is 12.2 Å². The van der Waals surface area contributed by atoms with Crippen molar-refractivity contribution < 1.29 is 19.8 Å². The Kier molecular flexibility index (Phi) is 16.1. The summed E-state index contributed by atoms with van der Waals surface area (Å²) in [4.78, 5) is 19.1. The van der Waals surface area contributed by atoms with E-state index in [4.69, 9.17) is 21.0 Å². The highest BCUT2D eigenvalue weighted by atomic mass is 16.4. The smallest absolute Gasteiger partial charge is 0.328 e. The summed E-state index contributed by atoms with van der Waals surface area (Å²) in [6, 6.07) is 0. The molecule has 0 bridgehead atoms. The lowest BCUT2D eigenvalue weighted by Gasteiger charge is -1.85. The van der Waals surface area contributed by atoms with Crippen molar-refractivity contribution in [3.05, 3.63) is 12.2 Å². The maximum Gasteiger partial charge on any atom is 0.328 e. The fourth-order valence-electron chi connectivity index (χ4n) is 0.143. The first-order valence-electron chi connectivity index (χ1n) is 3.92. The first-order chi connectivity index (χ1) is 8.17. The molecule has 0 amide bonds. The van der Waals surface area contributed by atoms with Crippen LogP contribution in [-0.2, 0) is 9.59 Å². The fraction of sp³-hybridized carbons (Fsp3) is 0. The van der Waals surface area contributed by atoms with Crippen molar-refractivity contribution in [2.24, 2.45) is 23.2 Å². The van der Waals surface area contributed by atoms with Crippen LogP contribution in [0.25, 0.3) is 0 Å². The van der Waals surface area contributed by atoms with Crippen LogP contribution in [0.2, 0.25) is 0 Å². The standard InChI is InChI=1S/C4H4O4.2CH6N4/c5-3(6)1-2-4(7)8;2*2-1(3)5-4/h1-2H,(H,5,6)(H,7,8);2*4H2,(H4,2,3,5)/b2-1+;;. The van der Waals surface area contributed by atoms with E-state index in [9.17, 15) is 9.59 Å². The summed E-state index contributed by atoms with van der Waals surface area (Å²) in [5, 5.41) is 28.2. The Morgan fingerprint density at radius 2 is 1.06 bits per heavy atom. The van der Waals surface area contributed by atoms with Gasteiger partial charge >= 0.3 is 11.9 Å². The van der Waals surface area contributed by atoms with E-state index in [1.165, 1.54) is 0 Å². The molecule has 0 unspecified atom stereocenters. The number of carboxylic acids is 2. The van der Waals surface area contributed by atoms with Crippen molar-refractivity contribution in [2.45, 2.75) is 0 Å². The largest absolute Gasteiger partial charge is 0.478 e. The van der Waals surface area contributed by atoms with E-state index in [1.807, 2.05) is 10.9 Å².